The summed E-state index contributed by atoms with van der Waals surface area (Å²) in [4.78, 5) is 21.3. The third kappa shape index (κ3) is 3.59. The van der Waals surface area contributed by atoms with Crippen LogP contribution in [0.3, 0.4) is 0 Å². The first kappa shape index (κ1) is 16.1. The van der Waals surface area contributed by atoms with Gasteiger partial charge >= 0.3 is 0 Å². The lowest BCUT2D eigenvalue weighted by Gasteiger charge is -2.36. The highest BCUT2D eigenvalue weighted by Crippen LogP contribution is 2.23. The smallest absolute Gasteiger partial charge is 0.159 e. The van der Waals surface area contributed by atoms with Crippen LogP contribution in [0.4, 0.5) is 10.1 Å². The molecular formula is C17H20FN3OS. The van der Waals surface area contributed by atoms with Crippen molar-refractivity contribution in [2.24, 2.45) is 0 Å². The number of ketones is 1. The number of anilines is 1. The second-order valence-corrected chi connectivity index (χ2v) is 6.79. The van der Waals surface area contributed by atoms with E-state index in [9.17, 15) is 9.18 Å². The number of carbonyl (C=O) groups excluding carboxylic acids is 1. The molecule has 1 aliphatic rings. The van der Waals surface area contributed by atoms with Gasteiger partial charge in [-0.3, -0.25) is 9.69 Å². The summed E-state index contributed by atoms with van der Waals surface area (Å²) < 4.78 is 14.2. The molecule has 3 rings (SSSR count). The Labute approximate surface area is 139 Å². The average molecular weight is 333 g/mol. The number of hydrogen-bond acceptors (Lipinski definition) is 5. The van der Waals surface area contributed by atoms with E-state index >= 15 is 0 Å². The third-order valence-corrected chi connectivity index (χ3v) is 5.20. The number of thiazole rings is 1. The van der Waals surface area contributed by atoms with Crippen LogP contribution in [0.2, 0.25) is 0 Å². The summed E-state index contributed by atoms with van der Waals surface area (Å²) in [5, 5.41) is 0. The molecule has 0 bridgehead atoms. The molecule has 122 valence electrons. The van der Waals surface area contributed by atoms with E-state index < -0.39 is 0 Å². The van der Waals surface area contributed by atoms with Crippen LogP contribution in [-0.2, 0) is 6.54 Å². The first-order chi connectivity index (χ1) is 11.0. The van der Waals surface area contributed by atoms with Crippen molar-refractivity contribution in [1.29, 1.82) is 0 Å². The molecule has 0 unspecified atom stereocenters. The van der Waals surface area contributed by atoms with Gasteiger partial charge in [0.25, 0.3) is 0 Å². The van der Waals surface area contributed by atoms with Crippen LogP contribution < -0.4 is 4.90 Å². The van der Waals surface area contributed by atoms with Crippen molar-refractivity contribution in [3.8, 4) is 0 Å². The fraction of sp³-hybridized carbons (Fsp3) is 0.412. The molecule has 1 aromatic carbocycles. The minimum Gasteiger partial charge on any atom is -0.367 e. The third-order valence-electron chi connectivity index (χ3n) is 4.28. The molecule has 1 aromatic heterocycles. The number of hydrogen-bond donors (Lipinski definition) is 0. The van der Waals surface area contributed by atoms with E-state index in [1.807, 2.05) is 12.4 Å². The lowest BCUT2D eigenvalue weighted by molar-refractivity contribution is 0.101. The quantitative estimate of drug-likeness (QED) is 0.806. The van der Waals surface area contributed by atoms with Gasteiger partial charge in [-0.1, -0.05) is 0 Å². The Balaban J connectivity index is 1.63. The maximum atomic E-state index is 14.2. The Hall–Kier alpha value is -1.79. The summed E-state index contributed by atoms with van der Waals surface area (Å²) in [7, 11) is 0. The Morgan fingerprint density at radius 3 is 2.61 bits per heavy atom. The van der Waals surface area contributed by atoms with Crippen LogP contribution in [0, 0.1) is 12.7 Å². The molecule has 23 heavy (non-hydrogen) atoms. The van der Waals surface area contributed by atoms with E-state index in [2.05, 4.69) is 14.8 Å². The number of Topliss-reactive ketones (excluding diaryl/α,β-unsaturated/α-hetero) is 1. The van der Waals surface area contributed by atoms with Gasteiger partial charge in [0.15, 0.2) is 5.78 Å². The zero-order chi connectivity index (χ0) is 16.4. The molecule has 0 spiro atoms. The van der Waals surface area contributed by atoms with E-state index in [1.165, 1.54) is 17.9 Å². The maximum Gasteiger partial charge on any atom is 0.159 e. The second kappa shape index (κ2) is 6.76. The number of piperazine rings is 1. The van der Waals surface area contributed by atoms with Gasteiger partial charge in [-0.15, -0.1) is 11.3 Å². The Kier molecular flexibility index (Phi) is 4.73. The van der Waals surface area contributed by atoms with E-state index in [1.54, 1.807) is 23.5 Å². The van der Waals surface area contributed by atoms with E-state index in [-0.39, 0.29) is 11.6 Å². The standard InChI is InChI=1S/C17H20FN3OS/c1-12-17(23-11-19-12)10-20-5-7-21(8-6-20)16-4-3-14(13(2)22)9-15(16)18/h3-4,9,11H,5-8,10H2,1-2H3. The number of benzene rings is 1. The molecule has 0 amide bonds. The van der Waals surface area contributed by atoms with Crippen molar-refractivity contribution in [1.82, 2.24) is 9.88 Å². The fourth-order valence-corrected chi connectivity index (χ4v) is 3.63. The van der Waals surface area contributed by atoms with Gasteiger partial charge < -0.3 is 4.90 Å². The van der Waals surface area contributed by atoms with Crippen LogP contribution in [0.1, 0.15) is 27.9 Å². The van der Waals surface area contributed by atoms with Gasteiger partial charge in [-0.25, -0.2) is 9.37 Å². The number of rotatable bonds is 4. The molecule has 0 saturated carbocycles. The summed E-state index contributed by atoms with van der Waals surface area (Å²) in [6, 6.07) is 4.76. The Morgan fingerprint density at radius 1 is 1.30 bits per heavy atom. The van der Waals surface area contributed by atoms with Crippen molar-refractivity contribution in [2.45, 2.75) is 20.4 Å². The van der Waals surface area contributed by atoms with Gasteiger partial charge in [0.1, 0.15) is 5.82 Å². The highest BCUT2D eigenvalue weighted by Gasteiger charge is 2.21. The van der Waals surface area contributed by atoms with Gasteiger partial charge in [0, 0.05) is 43.2 Å². The van der Waals surface area contributed by atoms with Crippen LogP contribution in [-0.4, -0.2) is 41.8 Å². The zero-order valence-corrected chi connectivity index (χ0v) is 14.2. The summed E-state index contributed by atoms with van der Waals surface area (Å²) in [5.74, 6) is -0.426. The predicted octanol–water partition coefficient (Wildman–Crippen LogP) is 3.12. The molecule has 1 fully saturated rings. The highest BCUT2D eigenvalue weighted by atomic mass is 32.1. The van der Waals surface area contributed by atoms with E-state index in [4.69, 9.17) is 0 Å². The minimum absolute atomic E-state index is 0.111. The fourth-order valence-electron chi connectivity index (χ4n) is 2.81. The van der Waals surface area contributed by atoms with E-state index in [0.717, 1.165) is 38.4 Å². The molecule has 0 radical (unpaired) electrons. The SMILES string of the molecule is CC(=O)c1ccc(N2CCN(Cc3scnc3C)CC2)c(F)c1. The molecule has 0 N–H and O–H groups in total. The van der Waals surface area contributed by atoms with Crippen molar-refractivity contribution < 1.29 is 9.18 Å². The van der Waals surface area contributed by atoms with Crippen LogP contribution >= 0.6 is 11.3 Å². The first-order valence-electron chi connectivity index (χ1n) is 7.71. The predicted molar refractivity (Wildman–Crippen MR) is 90.7 cm³/mol. The largest absolute Gasteiger partial charge is 0.367 e. The molecule has 1 saturated heterocycles. The summed E-state index contributed by atoms with van der Waals surface area (Å²) in [6.45, 7) is 7.76. The highest BCUT2D eigenvalue weighted by molar-refractivity contribution is 7.09. The molecule has 1 aliphatic heterocycles. The molecule has 2 heterocycles. The normalized spacial score (nSPS) is 15.9. The van der Waals surface area contributed by atoms with E-state index in [0.29, 0.717) is 11.3 Å². The molecule has 4 nitrogen and oxygen atoms in total. The van der Waals surface area contributed by atoms with Gasteiger partial charge in [-0.05, 0) is 32.0 Å². The summed E-state index contributed by atoms with van der Waals surface area (Å²) >= 11 is 1.69. The van der Waals surface area contributed by atoms with Gasteiger partial charge in [0.2, 0.25) is 0 Å². The number of aryl methyl sites for hydroxylation is 1. The van der Waals surface area contributed by atoms with Crippen molar-refractivity contribution >= 4 is 22.8 Å². The molecular weight excluding hydrogens is 313 g/mol. The number of aromatic nitrogens is 1. The minimum atomic E-state index is -0.315. The second-order valence-electron chi connectivity index (χ2n) is 5.85. The lowest BCUT2D eigenvalue weighted by atomic mass is 10.1. The average Bonchev–Trinajstić information content (AvgIpc) is 2.93. The van der Waals surface area contributed by atoms with Crippen LogP contribution in [0.5, 0.6) is 0 Å². The van der Waals surface area contributed by atoms with Crippen molar-refractivity contribution in [3.05, 3.63) is 45.7 Å². The molecule has 2 aromatic rings. The van der Waals surface area contributed by atoms with Gasteiger partial charge in [0.05, 0.1) is 16.9 Å². The van der Waals surface area contributed by atoms with Crippen LogP contribution in [0.15, 0.2) is 23.7 Å². The molecule has 0 atom stereocenters. The molecule has 6 heteroatoms. The van der Waals surface area contributed by atoms with Crippen molar-refractivity contribution in [2.75, 3.05) is 31.1 Å². The number of nitrogens with zero attached hydrogens (tertiary/aromatic N) is 3. The number of carbonyl (C=O) groups is 1. The Bertz CT molecular complexity index is 708. The molecule has 0 aliphatic carbocycles. The summed E-state index contributed by atoms with van der Waals surface area (Å²) in [6.07, 6.45) is 0. The monoisotopic (exact) mass is 333 g/mol. The van der Waals surface area contributed by atoms with Gasteiger partial charge in [-0.2, -0.15) is 0 Å². The summed E-state index contributed by atoms with van der Waals surface area (Å²) in [5.41, 5.74) is 3.99. The Morgan fingerprint density at radius 2 is 2.04 bits per heavy atom. The topological polar surface area (TPSA) is 36.4 Å². The van der Waals surface area contributed by atoms with Crippen LogP contribution in [0.25, 0.3) is 0 Å². The number of halogens is 1. The first-order valence-corrected chi connectivity index (χ1v) is 8.59. The maximum absolute atomic E-state index is 14.2. The van der Waals surface area contributed by atoms with Crippen molar-refractivity contribution in [3.63, 3.8) is 0 Å². The zero-order valence-electron chi connectivity index (χ0n) is 13.4. The lowest BCUT2D eigenvalue weighted by Crippen LogP contribution is -2.46.